The van der Waals surface area contributed by atoms with Crippen LogP contribution in [0.25, 0.3) is 11.0 Å². The number of ether oxygens (including phenoxy) is 2. The molecule has 1 N–H and O–H groups in total. The van der Waals surface area contributed by atoms with Crippen LogP contribution < -0.4 is 14.8 Å². The number of benzene rings is 3. The fourth-order valence-electron chi connectivity index (χ4n) is 4.09. The molecule has 0 radical (unpaired) electrons. The number of imidazole rings is 1. The number of aryl methyl sites for hydroxylation is 1. The summed E-state index contributed by atoms with van der Waals surface area (Å²) < 4.78 is 12.9. The lowest BCUT2D eigenvalue weighted by Crippen LogP contribution is -2.21. The number of carbonyl (C=O) groups is 1. The van der Waals surface area contributed by atoms with Crippen LogP contribution in [0.15, 0.2) is 60.7 Å². The zero-order valence-electron chi connectivity index (χ0n) is 20.4. The summed E-state index contributed by atoms with van der Waals surface area (Å²) in [5.41, 5.74) is 5.79. The fraction of sp³-hybridized carbons (Fsp3) is 0.286. The van der Waals surface area contributed by atoms with Crippen LogP contribution in [0.1, 0.15) is 42.3 Å². The van der Waals surface area contributed by atoms with Crippen molar-refractivity contribution < 1.29 is 14.3 Å². The van der Waals surface area contributed by atoms with Gasteiger partial charge in [-0.3, -0.25) is 4.79 Å². The Balaban J connectivity index is 1.66. The van der Waals surface area contributed by atoms with Gasteiger partial charge in [0.15, 0.2) is 0 Å². The molecule has 0 saturated carbocycles. The van der Waals surface area contributed by atoms with E-state index < -0.39 is 0 Å². The average molecular weight is 458 g/mol. The van der Waals surface area contributed by atoms with Crippen molar-refractivity contribution >= 4 is 22.6 Å². The van der Waals surface area contributed by atoms with Gasteiger partial charge in [0, 0.05) is 17.7 Å². The molecule has 4 aromatic rings. The maximum atomic E-state index is 13.2. The third-order valence-corrected chi connectivity index (χ3v) is 6.07. The topological polar surface area (TPSA) is 65.4 Å². The van der Waals surface area contributed by atoms with Crippen LogP contribution in [0.5, 0.6) is 11.5 Å². The molecule has 0 spiro atoms. The summed E-state index contributed by atoms with van der Waals surface area (Å²) in [6.07, 6.45) is 0.504. The highest BCUT2D eigenvalue weighted by atomic mass is 16.5. The lowest BCUT2D eigenvalue weighted by molar-refractivity contribution is -0.116. The third-order valence-electron chi connectivity index (χ3n) is 6.07. The van der Waals surface area contributed by atoms with E-state index in [0.29, 0.717) is 12.3 Å². The molecular weight excluding hydrogens is 426 g/mol. The molecular formula is C28H31N3O3. The van der Waals surface area contributed by atoms with Gasteiger partial charge in [0.25, 0.3) is 0 Å². The summed E-state index contributed by atoms with van der Waals surface area (Å²) in [6.45, 7) is 6.46. The van der Waals surface area contributed by atoms with Crippen molar-refractivity contribution in [2.75, 3.05) is 19.5 Å². The van der Waals surface area contributed by atoms with Crippen LogP contribution in [-0.2, 0) is 17.8 Å². The lowest BCUT2D eigenvalue weighted by Gasteiger charge is -2.15. The molecule has 0 aliphatic rings. The van der Waals surface area contributed by atoms with Crippen molar-refractivity contribution in [2.45, 2.75) is 39.7 Å². The van der Waals surface area contributed by atoms with Crippen molar-refractivity contribution in [3.05, 3.63) is 83.2 Å². The Bertz CT molecular complexity index is 1320. The number of amides is 1. The van der Waals surface area contributed by atoms with E-state index in [0.717, 1.165) is 45.2 Å². The molecule has 1 aromatic heterocycles. The van der Waals surface area contributed by atoms with Gasteiger partial charge in [-0.25, -0.2) is 4.98 Å². The highest BCUT2D eigenvalue weighted by Gasteiger charge is 2.17. The summed E-state index contributed by atoms with van der Waals surface area (Å²) in [5.74, 6) is 2.58. The number of nitrogens with one attached hydrogen (secondary N) is 1. The minimum atomic E-state index is -0.0917. The van der Waals surface area contributed by atoms with Crippen molar-refractivity contribution in [3.8, 4) is 11.5 Å². The molecule has 1 amide bonds. The van der Waals surface area contributed by atoms with E-state index >= 15 is 0 Å². The number of nitrogens with zero attached hydrogens (tertiary/aromatic N) is 2. The van der Waals surface area contributed by atoms with Crippen molar-refractivity contribution in [3.63, 3.8) is 0 Å². The number of methoxy groups -OCH3 is 2. The summed E-state index contributed by atoms with van der Waals surface area (Å²) >= 11 is 0. The van der Waals surface area contributed by atoms with E-state index in [-0.39, 0.29) is 12.5 Å². The molecule has 0 fully saturated rings. The van der Waals surface area contributed by atoms with Crippen molar-refractivity contribution in [2.24, 2.45) is 0 Å². The molecule has 0 aliphatic carbocycles. The van der Waals surface area contributed by atoms with E-state index in [9.17, 15) is 4.79 Å². The number of fused-ring (bicyclic) bond motifs is 1. The fourth-order valence-corrected chi connectivity index (χ4v) is 4.09. The van der Waals surface area contributed by atoms with E-state index in [1.807, 2.05) is 54.0 Å². The van der Waals surface area contributed by atoms with E-state index in [4.69, 9.17) is 14.5 Å². The molecule has 0 atom stereocenters. The Morgan fingerprint density at radius 3 is 2.56 bits per heavy atom. The Morgan fingerprint density at radius 1 is 1.03 bits per heavy atom. The summed E-state index contributed by atoms with van der Waals surface area (Å²) in [7, 11) is 3.29. The highest BCUT2D eigenvalue weighted by molar-refractivity contribution is 5.92. The number of hydrogen-bond donors (Lipinski definition) is 1. The van der Waals surface area contributed by atoms with E-state index in [1.54, 1.807) is 14.2 Å². The molecule has 0 aliphatic heterocycles. The maximum Gasteiger partial charge on any atom is 0.244 e. The van der Waals surface area contributed by atoms with Crippen LogP contribution in [0.2, 0.25) is 0 Å². The first-order chi connectivity index (χ1) is 16.4. The largest absolute Gasteiger partial charge is 0.497 e. The van der Waals surface area contributed by atoms with Gasteiger partial charge in [0.2, 0.25) is 5.91 Å². The van der Waals surface area contributed by atoms with Crippen LogP contribution in [0, 0.1) is 6.92 Å². The van der Waals surface area contributed by atoms with Gasteiger partial charge in [-0.2, -0.15) is 0 Å². The standard InChI is InChI=1S/C28H31N3O3/c1-18(2)20-11-10-19(3)24(15-20)30-28(32)17-31-25-9-7-6-8-23(25)29-27(31)16-21-14-22(33-4)12-13-26(21)34-5/h6-15,18H,16-17H2,1-5H3,(H,30,32). The first-order valence-corrected chi connectivity index (χ1v) is 11.4. The molecule has 3 aromatic carbocycles. The monoisotopic (exact) mass is 457 g/mol. The summed E-state index contributed by atoms with van der Waals surface area (Å²) in [4.78, 5) is 18.0. The quantitative estimate of drug-likeness (QED) is 0.368. The molecule has 4 rings (SSSR count). The predicted molar refractivity (Wildman–Crippen MR) is 136 cm³/mol. The first-order valence-electron chi connectivity index (χ1n) is 11.4. The number of rotatable bonds is 8. The number of carbonyl (C=O) groups excluding carboxylic acids is 1. The minimum absolute atomic E-state index is 0.0917. The van der Waals surface area contributed by atoms with Gasteiger partial charge in [-0.1, -0.05) is 38.1 Å². The normalized spacial score (nSPS) is 11.1. The number of para-hydroxylation sites is 2. The molecule has 6 nitrogen and oxygen atoms in total. The molecule has 1 heterocycles. The maximum absolute atomic E-state index is 13.2. The van der Waals surface area contributed by atoms with Crippen LogP contribution in [0.4, 0.5) is 5.69 Å². The van der Waals surface area contributed by atoms with Crippen molar-refractivity contribution in [1.82, 2.24) is 9.55 Å². The molecule has 0 bridgehead atoms. The van der Waals surface area contributed by atoms with E-state index in [1.165, 1.54) is 5.56 Å². The zero-order chi connectivity index (χ0) is 24.2. The van der Waals surface area contributed by atoms with E-state index in [2.05, 4.69) is 37.4 Å². The molecule has 0 unspecified atom stereocenters. The summed E-state index contributed by atoms with van der Waals surface area (Å²) in [6, 6.07) is 19.8. The Kier molecular flexibility index (Phi) is 6.87. The minimum Gasteiger partial charge on any atom is -0.497 e. The molecule has 0 saturated heterocycles. The van der Waals surface area contributed by atoms with Gasteiger partial charge >= 0.3 is 0 Å². The molecule has 176 valence electrons. The van der Waals surface area contributed by atoms with Gasteiger partial charge in [0.1, 0.15) is 23.9 Å². The summed E-state index contributed by atoms with van der Waals surface area (Å²) in [5, 5.41) is 3.11. The first kappa shape index (κ1) is 23.4. The molecule has 34 heavy (non-hydrogen) atoms. The second-order valence-electron chi connectivity index (χ2n) is 8.73. The van der Waals surface area contributed by atoms with Gasteiger partial charge < -0.3 is 19.4 Å². The van der Waals surface area contributed by atoms with Crippen LogP contribution in [0.3, 0.4) is 0 Å². The van der Waals surface area contributed by atoms with Crippen LogP contribution >= 0.6 is 0 Å². The Hall–Kier alpha value is -3.80. The highest BCUT2D eigenvalue weighted by Crippen LogP contribution is 2.28. The lowest BCUT2D eigenvalue weighted by atomic mass is 10.0. The van der Waals surface area contributed by atoms with Crippen molar-refractivity contribution in [1.29, 1.82) is 0 Å². The smallest absolute Gasteiger partial charge is 0.244 e. The second-order valence-corrected chi connectivity index (χ2v) is 8.73. The number of anilines is 1. The van der Waals surface area contributed by atoms with Gasteiger partial charge in [-0.15, -0.1) is 0 Å². The zero-order valence-corrected chi connectivity index (χ0v) is 20.4. The number of hydrogen-bond acceptors (Lipinski definition) is 4. The van der Waals surface area contributed by atoms with Crippen LogP contribution in [-0.4, -0.2) is 29.7 Å². The Labute approximate surface area is 200 Å². The third kappa shape index (κ3) is 4.91. The van der Waals surface area contributed by atoms with Gasteiger partial charge in [-0.05, 0) is 60.4 Å². The van der Waals surface area contributed by atoms with Gasteiger partial charge in [0.05, 0.1) is 25.3 Å². The number of aromatic nitrogens is 2. The SMILES string of the molecule is COc1ccc(OC)c(Cc2nc3ccccc3n2CC(=O)Nc2cc(C(C)C)ccc2C)c1. The second kappa shape index (κ2) is 10.00. The average Bonchev–Trinajstić information content (AvgIpc) is 3.17. The Morgan fingerprint density at radius 2 is 1.82 bits per heavy atom. The molecule has 6 heteroatoms. The predicted octanol–water partition coefficient (Wildman–Crippen LogP) is 5.71.